The SMILES string of the molecule is CN=C(NCc1nc(C)c(C)o1)NCC(c1ccccc1)N1CCCC1.I. The van der Waals surface area contributed by atoms with Crippen LogP contribution in [0.3, 0.4) is 0 Å². The molecule has 0 saturated carbocycles. The summed E-state index contributed by atoms with van der Waals surface area (Å²) in [4.78, 5) is 11.3. The maximum Gasteiger partial charge on any atom is 0.214 e. The van der Waals surface area contributed by atoms with Crippen LogP contribution >= 0.6 is 24.0 Å². The lowest BCUT2D eigenvalue weighted by atomic mass is 10.1. The smallest absolute Gasteiger partial charge is 0.214 e. The summed E-state index contributed by atoms with van der Waals surface area (Å²) >= 11 is 0. The molecule has 27 heavy (non-hydrogen) atoms. The van der Waals surface area contributed by atoms with Gasteiger partial charge < -0.3 is 15.1 Å². The minimum Gasteiger partial charge on any atom is -0.444 e. The predicted octanol–water partition coefficient (Wildman–Crippen LogP) is 3.41. The van der Waals surface area contributed by atoms with E-state index in [0.717, 1.165) is 37.0 Å². The van der Waals surface area contributed by atoms with Crippen molar-refractivity contribution in [2.24, 2.45) is 4.99 Å². The fraction of sp³-hybridized carbons (Fsp3) is 0.500. The Kier molecular flexibility index (Phi) is 8.56. The van der Waals surface area contributed by atoms with Gasteiger partial charge >= 0.3 is 0 Å². The van der Waals surface area contributed by atoms with Gasteiger partial charge in [-0.15, -0.1) is 24.0 Å². The van der Waals surface area contributed by atoms with Gasteiger partial charge in [-0.05, 0) is 45.3 Å². The Bertz CT molecular complexity index is 706. The second-order valence-electron chi connectivity index (χ2n) is 6.73. The van der Waals surface area contributed by atoms with Crippen molar-refractivity contribution in [2.45, 2.75) is 39.3 Å². The van der Waals surface area contributed by atoms with Gasteiger partial charge in [-0.1, -0.05) is 30.3 Å². The monoisotopic (exact) mass is 483 g/mol. The van der Waals surface area contributed by atoms with Crippen molar-refractivity contribution in [3.63, 3.8) is 0 Å². The number of oxazole rings is 1. The molecule has 0 aliphatic carbocycles. The van der Waals surface area contributed by atoms with E-state index in [4.69, 9.17) is 4.42 Å². The Hall–Kier alpha value is -1.61. The van der Waals surface area contributed by atoms with Crippen molar-refractivity contribution in [3.05, 3.63) is 53.2 Å². The van der Waals surface area contributed by atoms with E-state index in [1.54, 1.807) is 7.05 Å². The summed E-state index contributed by atoms with van der Waals surface area (Å²) in [6.07, 6.45) is 2.55. The van der Waals surface area contributed by atoms with Crippen LogP contribution in [0, 0.1) is 13.8 Å². The number of aromatic nitrogens is 1. The van der Waals surface area contributed by atoms with E-state index >= 15 is 0 Å². The molecule has 1 fully saturated rings. The Balaban J connectivity index is 0.00000261. The quantitative estimate of drug-likeness (QED) is 0.375. The maximum absolute atomic E-state index is 5.62. The Labute approximate surface area is 178 Å². The third kappa shape index (κ3) is 5.93. The second-order valence-corrected chi connectivity index (χ2v) is 6.73. The van der Waals surface area contributed by atoms with Crippen LogP contribution in [0.5, 0.6) is 0 Å². The number of aliphatic imine (C=N–C) groups is 1. The highest BCUT2D eigenvalue weighted by atomic mass is 127. The third-order valence-corrected chi connectivity index (χ3v) is 4.93. The normalized spacial score (nSPS) is 16.0. The lowest BCUT2D eigenvalue weighted by Gasteiger charge is -2.28. The molecule has 0 bridgehead atoms. The van der Waals surface area contributed by atoms with Crippen LogP contribution < -0.4 is 10.6 Å². The molecule has 2 aromatic rings. The highest BCUT2D eigenvalue weighted by molar-refractivity contribution is 14.0. The lowest BCUT2D eigenvalue weighted by molar-refractivity contribution is 0.245. The fourth-order valence-corrected chi connectivity index (χ4v) is 3.37. The van der Waals surface area contributed by atoms with Crippen LogP contribution in [0.1, 0.15) is 41.8 Å². The first kappa shape index (κ1) is 21.7. The number of nitrogens with one attached hydrogen (secondary N) is 2. The highest BCUT2D eigenvalue weighted by Gasteiger charge is 2.23. The number of hydrogen-bond donors (Lipinski definition) is 2. The van der Waals surface area contributed by atoms with Crippen LogP contribution in [0.25, 0.3) is 0 Å². The molecule has 2 heterocycles. The van der Waals surface area contributed by atoms with Crippen molar-refractivity contribution in [3.8, 4) is 0 Å². The van der Waals surface area contributed by atoms with Gasteiger partial charge in [0, 0.05) is 13.6 Å². The molecular formula is C20H30IN5O. The molecule has 148 valence electrons. The lowest BCUT2D eigenvalue weighted by Crippen LogP contribution is -2.42. The molecule has 0 spiro atoms. The minimum absolute atomic E-state index is 0. The number of guanidine groups is 1. The van der Waals surface area contributed by atoms with E-state index in [1.165, 1.54) is 18.4 Å². The Morgan fingerprint density at radius 3 is 2.48 bits per heavy atom. The van der Waals surface area contributed by atoms with E-state index in [1.807, 2.05) is 13.8 Å². The van der Waals surface area contributed by atoms with Gasteiger partial charge in [0.1, 0.15) is 5.76 Å². The minimum atomic E-state index is 0. The van der Waals surface area contributed by atoms with E-state index in [2.05, 4.69) is 55.8 Å². The maximum atomic E-state index is 5.62. The number of hydrogen-bond acceptors (Lipinski definition) is 4. The molecule has 1 aliphatic rings. The molecule has 0 radical (unpaired) electrons. The molecule has 0 amide bonds. The predicted molar refractivity (Wildman–Crippen MR) is 120 cm³/mol. The Morgan fingerprint density at radius 2 is 1.89 bits per heavy atom. The summed E-state index contributed by atoms with van der Waals surface area (Å²) in [6.45, 7) is 7.53. The zero-order valence-electron chi connectivity index (χ0n) is 16.4. The average Bonchev–Trinajstić information content (AvgIpc) is 3.29. The molecule has 7 heteroatoms. The number of halogens is 1. The van der Waals surface area contributed by atoms with Gasteiger partial charge in [-0.2, -0.15) is 0 Å². The molecule has 2 N–H and O–H groups in total. The molecule has 3 rings (SSSR count). The molecule has 1 aliphatic heterocycles. The zero-order chi connectivity index (χ0) is 18.4. The van der Waals surface area contributed by atoms with Gasteiger partial charge in [0.2, 0.25) is 5.89 Å². The van der Waals surface area contributed by atoms with Crippen LogP contribution in [0.2, 0.25) is 0 Å². The molecule has 1 saturated heterocycles. The van der Waals surface area contributed by atoms with Crippen molar-refractivity contribution < 1.29 is 4.42 Å². The van der Waals surface area contributed by atoms with E-state index in [-0.39, 0.29) is 24.0 Å². The summed E-state index contributed by atoms with van der Waals surface area (Å²) in [5.74, 6) is 2.31. The van der Waals surface area contributed by atoms with Gasteiger partial charge in [0.05, 0.1) is 18.3 Å². The average molecular weight is 483 g/mol. The summed E-state index contributed by atoms with van der Waals surface area (Å²) < 4.78 is 5.62. The van der Waals surface area contributed by atoms with Crippen LogP contribution in [0.4, 0.5) is 0 Å². The summed E-state index contributed by atoms with van der Waals surface area (Å²) in [6, 6.07) is 11.1. The van der Waals surface area contributed by atoms with Crippen molar-refractivity contribution in [2.75, 3.05) is 26.7 Å². The van der Waals surface area contributed by atoms with Crippen molar-refractivity contribution >= 4 is 29.9 Å². The molecule has 1 atom stereocenters. The van der Waals surface area contributed by atoms with Crippen LogP contribution in [0.15, 0.2) is 39.7 Å². The van der Waals surface area contributed by atoms with Crippen molar-refractivity contribution in [1.82, 2.24) is 20.5 Å². The Morgan fingerprint density at radius 1 is 1.19 bits per heavy atom. The van der Waals surface area contributed by atoms with Crippen LogP contribution in [-0.2, 0) is 6.54 Å². The molecule has 6 nitrogen and oxygen atoms in total. The number of nitrogens with zero attached hydrogens (tertiary/aromatic N) is 3. The number of aryl methyl sites for hydroxylation is 2. The zero-order valence-corrected chi connectivity index (χ0v) is 18.7. The number of benzene rings is 1. The molecular weight excluding hydrogens is 453 g/mol. The summed E-state index contributed by atoms with van der Waals surface area (Å²) in [5.41, 5.74) is 2.28. The standard InChI is InChI=1S/C20H29N5O.HI/c1-15-16(2)26-19(24-15)14-23-20(21-3)22-13-18(25-11-7-8-12-25)17-9-5-4-6-10-17;/h4-6,9-10,18H,7-8,11-14H2,1-3H3,(H2,21,22,23);1H. The topological polar surface area (TPSA) is 65.7 Å². The van der Waals surface area contributed by atoms with Crippen LogP contribution in [-0.4, -0.2) is 42.5 Å². The first-order valence-electron chi connectivity index (χ1n) is 9.34. The third-order valence-electron chi connectivity index (χ3n) is 4.93. The first-order valence-corrected chi connectivity index (χ1v) is 9.34. The second kappa shape index (κ2) is 10.7. The largest absolute Gasteiger partial charge is 0.444 e. The molecule has 1 unspecified atom stereocenters. The molecule has 1 aromatic heterocycles. The molecule has 1 aromatic carbocycles. The van der Waals surface area contributed by atoms with E-state index < -0.39 is 0 Å². The van der Waals surface area contributed by atoms with Gasteiger partial charge in [0.25, 0.3) is 0 Å². The van der Waals surface area contributed by atoms with Crippen molar-refractivity contribution in [1.29, 1.82) is 0 Å². The number of rotatable bonds is 6. The van der Waals surface area contributed by atoms with E-state index in [9.17, 15) is 0 Å². The van der Waals surface area contributed by atoms with Gasteiger partial charge in [-0.25, -0.2) is 4.98 Å². The summed E-state index contributed by atoms with van der Waals surface area (Å²) in [5, 5.41) is 6.75. The number of likely N-dealkylation sites (tertiary alicyclic amines) is 1. The summed E-state index contributed by atoms with van der Waals surface area (Å²) in [7, 11) is 1.79. The van der Waals surface area contributed by atoms with Gasteiger partial charge in [0.15, 0.2) is 5.96 Å². The fourth-order valence-electron chi connectivity index (χ4n) is 3.37. The van der Waals surface area contributed by atoms with E-state index in [0.29, 0.717) is 18.5 Å². The first-order chi connectivity index (χ1) is 12.7. The highest BCUT2D eigenvalue weighted by Crippen LogP contribution is 2.24. The van der Waals surface area contributed by atoms with Gasteiger partial charge in [-0.3, -0.25) is 9.89 Å².